The molecule has 1 aromatic carbocycles. The van der Waals surface area contributed by atoms with Crippen LogP contribution < -0.4 is 0 Å². The molecule has 0 atom stereocenters. The Balaban J connectivity index is 3.25. The third-order valence-electron chi connectivity index (χ3n) is 1.29. The van der Waals surface area contributed by atoms with Gasteiger partial charge in [-0.1, -0.05) is 0 Å². The molecular formula is C7H4FNO3. The first-order valence-corrected chi connectivity index (χ1v) is 3.01. The van der Waals surface area contributed by atoms with Gasteiger partial charge in [-0.25, -0.2) is 9.18 Å². The molecule has 0 unspecified atom stereocenters. The number of hydrogen-bond acceptors (Lipinski definition) is 3. The molecule has 62 valence electrons. The maximum Gasteiger partial charge on any atom is 0.338 e. The number of benzene rings is 1. The van der Waals surface area contributed by atoms with Crippen molar-refractivity contribution in [2.75, 3.05) is 0 Å². The van der Waals surface area contributed by atoms with Crippen molar-refractivity contribution in [1.29, 1.82) is 0 Å². The van der Waals surface area contributed by atoms with E-state index in [-0.39, 0.29) is 5.69 Å². The minimum atomic E-state index is -1.42. The van der Waals surface area contributed by atoms with Crippen LogP contribution in [0.5, 0.6) is 0 Å². The van der Waals surface area contributed by atoms with Gasteiger partial charge in [-0.15, -0.1) is 4.91 Å². The molecule has 0 aliphatic rings. The number of nitrogens with zero attached hydrogens (tertiary/aromatic N) is 1. The number of nitroso groups, excluding NO2 is 1. The van der Waals surface area contributed by atoms with E-state index in [1.54, 1.807) is 0 Å². The molecule has 1 rings (SSSR count). The van der Waals surface area contributed by atoms with E-state index < -0.39 is 17.3 Å². The first-order chi connectivity index (χ1) is 5.65. The number of carboxylic acids is 1. The van der Waals surface area contributed by atoms with E-state index in [0.29, 0.717) is 0 Å². The number of rotatable bonds is 2. The first-order valence-electron chi connectivity index (χ1n) is 3.01. The minimum absolute atomic E-state index is 0.103. The van der Waals surface area contributed by atoms with Crippen molar-refractivity contribution in [3.63, 3.8) is 0 Å². The monoisotopic (exact) mass is 169 g/mol. The summed E-state index contributed by atoms with van der Waals surface area (Å²) in [5.41, 5.74) is -0.652. The number of carbonyl (C=O) groups is 1. The van der Waals surface area contributed by atoms with Crippen molar-refractivity contribution >= 4 is 11.7 Å². The van der Waals surface area contributed by atoms with Crippen molar-refractivity contribution in [2.45, 2.75) is 0 Å². The summed E-state index contributed by atoms with van der Waals surface area (Å²) in [6, 6.07) is 2.87. The Labute approximate surface area is 66.6 Å². The normalized spacial score (nSPS) is 9.42. The molecule has 0 fully saturated rings. The fraction of sp³-hybridized carbons (Fsp3) is 0. The van der Waals surface area contributed by atoms with Gasteiger partial charge in [-0.3, -0.25) is 0 Å². The van der Waals surface area contributed by atoms with Gasteiger partial charge in [0.05, 0.1) is 5.56 Å². The van der Waals surface area contributed by atoms with E-state index in [2.05, 4.69) is 5.18 Å². The molecule has 0 saturated carbocycles. The largest absolute Gasteiger partial charge is 0.478 e. The van der Waals surface area contributed by atoms with Gasteiger partial charge in [-0.05, 0) is 23.4 Å². The maximum atomic E-state index is 12.6. The van der Waals surface area contributed by atoms with Crippen LogP contribution in [-0.4, -0.2) is 11.1 Å². The minimum Gasteiger partial charge on any atom is -0.478 e. The molecule has 0 aliphatic carbocycles. The van der Waals surface area contributed by atoms with Crippen molar-refractivity contribution < 1.29 is 14.3 Å². The molecule has 0 amide bonds. The van der Waals surface area contributed by atoms with Gasteiger partial charge < -0.3 is 5.11 Å². The first kappa shape index (κ1) is 8.32. The lowest BCUT2D eigenvalue weighted by molar-refractivity contribution is 0.0692. The van der Waals surface area contributed by atoms with Crippen LogP contribution in [0.2, 0.25) is 0 Å². The fourth-order valence-electron chi connectivity index (χ4n) is 0.734. The Morgan fingerprint density at radius 2 is 2.17 bits per heavy atom. The highest BCUT2D eigenvalue weighted by atomic mass is 19.1. The van der Waals surface area contributed by atoms with Gasteiger partial charge in [0.1, 0.15) is 11.5 Å². The Morgan fingerprint density at radius 1 is 1.50 bits per heavy atom. The number of carboxylic acid groups (broad SMARTS) is 1. The van der Waals surface area contributed by atoms with E-state index in [1.807, 2.05) is 0 Å². The Morgan fingerprint density at radius 3 is 2.67 bits per heavy atom. The van der Waals surface area contributed by atoms with Gasteiger partial charge >= 0.3 is 5.97 Å². The highest BCUT2D eigenvalue weighted by molar-refractivity contribution is 5.88. The fourth-order valence-corrected chi connectivity index (χ4v) is 0.734. The molecule has 0 saturated heterocycles. The Hall–Kier alpha value is -1.78. The molecule has 0 heterocycles. The highest BCUT2D eigenvalue weighted by Crippen LogP contribution is 2.16. The van der Waals surface area contributed by atoms with E-state index in [0.717, 1.165) is 18.2 Å². The molecular weight excluding hydrogens is 165 g/mol. The standard InChI is InChI=1S/C7H4FNO3/c8-6-2-1-4(9-12)3-5(6)7(10)11/h1-3H,(H,10,11). The van der Waals surface area contributed by atoms with Gasteiger partial charge in [0, 0.05) is 0 Å². The van der Waals surface area contributed by atoms with E-state index in [1.165, 1.54) is 0 Å². The third-order valence-corrected chi connectivity index (χ3v) is 1.29. The average Bonchev–Trinajstić information content (AvgIpc) is 2.05. The van der Waals surface area contributed by atoms with Crippen LogP contribution in [0.4, 0.5) is 10.1 Å². The van der Waals surface area contributed by atoms with Crippen molar-refractivity contribution in [1.82, 2.24) is 0 Å². The van der Waals surface area contributed by atoms with Crippen LogP contribution in [0.25, 0.3) is 0 Å². The number of hydrogen-bond donors (Lipinski definition) is 1. The Bertz CT molecular complexity index is 337. The zero-order valence-corrected chi connectivity index (χ0v) is 5.82. The topological polar surface area (TPSA) is 66.7 Å². The molecule has 12 heavy (non-hydrogen) atoms. The summed E-state index contributed by atoms with van der Waals surface area (Å²) >= 11 is 0. The molecule has 0 spiro atoms. The van der Waals surface area contributed by atoms with Gasteiger partial charge in [0.15, 0.2) is 0 Å². The van der Waals surface area contributed by atoms with Crippen LogP contribution in [0.15, 0.2) is 23.4 Å². The Kier molecular flexibility index (Phi) is 2.14. The van der Waals surface area contributed by atoms with Gasteiger partial charge in [0.25, 0.3) is 0 Å². The summed E-state index contributed by atoms with van der Waals surface area (Å²) in [5.74, 6) is -2.30. The van der Waals surface area contributed by atoms with Crippen molar-refractivity contribution in [3.8, 4) is 0 Å². The molecule has 1 aromatic rings. The highest BCUT2D eigenvalue weighted by Gasteiger charge is 2.10. The van der Waals surface area contributed by atoms with E-state index >= 15 is 0 Å². The molecule has 0 bridgehead atoms. The second kappa shape index (κ2) is 3.08. The molecule has 1 N–H and O–H groups in total. The third kappa shape index (κ3) is 1.45. The summed E-state index contributed by atoms with van der Waals surface area (Å²) in [5, 5.41) is 10.9. The van der Waals surface area contributed by atoms with E-state index in [9.17, 15) is 14.1 Å². The molecule has 0 aliphatic heterocycles. The summed E-state index contributed by atoms with van der Waals surface area (Å²) in [4.78, 5) is 20.2. The second-order valence-corrected chi connectivity index (χ2v) is 2.06. The smallest absolute Gasteiger partial charge is 0.338 e. The molecule has 0 radical (unpaired) electrons. The SMILES string of the molecule is O=Nc1ccc(F)c(C(=O)O)c1. The van der Waals surface area contributed by atoms with Gasteiger partial charge in [0.2, 0.25) is 0 Å². The average molecular weight is 169 g/mol. The predicted molar refractivity (Wildman–Crippen MR) is 38.8 cm³/mol. The van der Waals surface area contributed by atoms with Crippen LogP contribution in [0.3, 0.4) is 0 Å². The molecule has 5 heteroatoms. The lowest BCUT2D eigenvalue weighted by Gasteiger charge is -1.95. The van der Waals surface area contributed by atoms with Crippen molar-refractivity contribution in [3.05, 3.63) is 34.5 Å². The zero-order valence-electron chi connectivity index (χ0n) is 5.82. The van der Waals surface area contributed by atoms with Crippen molar-refractivity contribution in [2.24, 2.45) is 5.18 Å². The summed E-state index contributed by atoms with van der Waals surface area (Å²) in [6.07, 6.45) is 0. The molecule has 4 nitrogen and oxygen atoms in total. The molecule has 0 aromatic heterocycles. The lowest BCUT2D eigenvalue weighted by atomic mass is 10.2. The van der Waals surface area contributed by atoms with Crippen LogP contribution >= 0.6 is 0 Å². The zero-order chi connectivity index (χ0) is 9.14. The lowest BCUT2D eigenvalue weighted by Crippen LogP contribution is -1.99. The number of aromatic carboxylic acids is 1. The summed E-state index contributed by atoms with van der Waals surface area (Å²) in [7, 11) is 0. The summed E-state index contributed by atoms with van der Waals surface area (Å²) < 4.78 is 12.6. The second-order valence-electron chi connectivity index (χ2n) is 2.06. The number of halogens is 1. The quantitative estimate of drug-likeness (QED) is 0.687. The van der Waals surface area contributed by atoms with Gasteiger partial charge in [-0.2, -0.15) is 0 Å². The van der Waals surface area contributed by atoms with E-state index in [4.69, 9.17) is 5.11 Å². The van der Waals surface area contributed by atoms with Crippen LogP contribution in [-0.2, 0) is 0 Å². The van der Waals surface area contributed by atoms with Crippen LogP contribution in [0.1, 0.15) is 10.4 Å². The predicted octanol–water partition coefficient (Wildman–Crippen LogP) is 1.92. The van der Waals surface area contributed by atoms with Crippen LogP contribution in [0, 0.1) is 10.7 Å². The summed E-state index contributed by atoms with van der Waals surface area (Å²) in [6.45, 7) is 0. The maximum absolute atomic E-state index is 12.6.